The molecule has 3 atom stereocenters. The molecule has 4 nitrogen and oxygen atoms in total. The predicted molar refractivity (Wildman–Crippen MR) is 149 cm³/mol. The van der Waals surface area contributed by atoms with Gasteiger partial charge in [0.1, 0.15) is 0 Å². The summed E-state index contributed by atoms with van der Waals surface area (Å²) in [7, 11) is 0. The standard InChI is InChI=1S/C32H36F3N3O/c1-2-29(24-10-5-3-6-11-24)31(39)38-22-26(30(23-38)25-12-9-13-27(20-25)32(33,34)35)21-36-16-18-37(19-17-36)28-14-7-4-8-15-28/h3-15,20,26,29-30H,2,16-19,21-23H2,1H3. The quantitative estimate of drug-likeness (QED) is 0.357. The topological polar surface area (TPSA) is 26.8 Å². The highest BCUT2D eigenvalue weighted by Crippen LogP contribution is 2.38. The van der Waals surface area contributed by atoms with Gasteiger partial charge in [0.25, 0.3) is 0 Å². The molecule has 7 heteroatoms. The minimum atomic E-state index is -4.39. The van der Waals surface area contributed by atoms with Gasteiger partial charge in [0.15, 0.2) is 0 Å². The van der Waals surface area contributed by atoms with Gasteiger partial charge in [0.05, 0.1) is 11.5 Å². The number of carbonyl (C=O) groups is 1. The molecule has 0 radical (unpaired) electrons. The van der Waals surface area contributed by atoms with Crippen molar-refractivity contribution in [3.63, 3.8) is 0 Å². The van der Waals surface area contributed by atoms with Crippen LogP contribution in [0.2, 0.25) is 0 Å². The number of para-hydroxylation sites is 1. The van der Waals surface area contributed by atoms with Gasteiger partial charge >= 0.3 is 6.18 Å². The SMILES string of the molecule is CCC(C(=O)N1CC(CN2CCN(c3ccccc3)CC2)C(c2cccc(C(F)(F)F)c2)C1)c1ccccc1. The minimum Gasteiger partial charge on any atom is -0.369 e. The summed E-state index contributed by atoms with van der Waals surface area (Å²) >= 11 is 0. The first-order chi connectivity index (χ1) is 18.8. The maximum Gasteiger partial charge on any atom is 0.416 e. The van der Waals surface area contributed by atoms with E-state index in [-0.39, 0.29) is 23.7 Å². The monoisotopic (exact) mass is 535 g/mol. The van der Waals surface area contributed by atoms with Crippen LogP contribution in [-0.4, -0.2) is 61.5 Å². The van der Waals surface area contributed by atoms with Crippen molar-refractivity contribution in [1.29, 1.82) is 0 Å². The lowest BCUT2D eigenvalue weighted by molar-refractivity contribution is -0.137. The third-order valence-corrected chi connectivity index (χ3v) is 8.29. The highest BCUT2D eigenvalue weighted by Gasteiger charge is 2.40. The van der Waals surface area contributed by atoms with Gasteiger partial charge in [0.2, 0.25) is 5.91 Å². The summed E-state index contributed by atoms with van der Waals surface area (Å²) in [5.74, 6) is -0.260. The number of piperazine rings is 1. The van der Waals surface area contributed by atoms with E-state index in [2.05, 4.69) is 21.9 Å². The maximum absolute atomic E-state index is 13.7. The first-order valence-corrected chi connectivity index (χ1v) is 13.9. The van der Waals surface area contributed by atoms with Gasteiger partial charge in [-0.1, -0.05) is 73.7 Å². The van der Waals surface area contributed by atoms with Crippen LogP contribution in [-0.2, 0) is 11.0 Å². The average Bonchev–Trinajstić information content (AvgIpc) is 3.38. The molecule has 2 aliphatic rings. The molecule has 0 aliphatic carbocycles. The number of likely N-dealkylation sites (tertiary alicyclic amines) is 1. The van der Waals surface area contributed by atoms with Crippen LogP contribution in [0.1, 0.15) is 41.9 Å². The molecule has 2 heterocycles. The molecular weight excluding hydrogens is 499 g/mol. The fraction of sp³-hybridized carbons (Fsp3) is 0.406. The van der Waals surface area contributed by atoms with Gasteiger partial charge in [-0.15, -0.1) is 0 Å². The zero-order chi connectivity index (χ0) is 27.4. The summed E-state index contributed by atoms with van der Waals surface area (Å²) in [5, 5.41) is 0. The number of amides is 1. The largest absolute Gasteiger partial charge is 0.416 e. The van der Waals surface area contributed by atoms with Crippen LogP contribution >= 0.6 is 0 Å². The number of hydrogen-bond acceptors (Lipinski definition) is 3. The van der Waals surface area contributed by atoms with Crippen LogP contribution in [0.25, 0.3) is 0 Å². The summed E-state index contributed by atoms with van der Waals surface area (Å²) in [4.78, 5) is 20.4. The molecule has 1 amide bonds. The third-order valence-electron chi connectivity index (χ3n) is 8.29. The Balaban J connectivity index is 1.34. The second kappa shape index (κ2) is 11.8. The number of alkyl halides is 3. The van der Waals surface area contributed by atoms with Crippen molar-refractivity contribution >= 4 is 11.6 Å². The van der Waals surface area contributed by atoms with Crippen LogP contribution in [0.4, 0.5) is 18.9 Å². The number of hydrogen-bond donors (Lipinski definition) is 0. The number of rotatable bonds is 7. The third kappa shape index (κ3) is 6.30. The summed E-state index contributed by atoms with van der Waals surface area (Å²) in [6.45, 7) is 7.35. The molecule has 0 bridgehead atoms. The Hall–Kier alpha value is -3.32. The number of benzene rings is 3. The molecule has 2 fully saturated rings. The van der Waals surface area contributed by atoms with Crippen molar-refractivity contribution in [3.8, 4) is 0 Å². The highest BCUT2D eigenvalue weighted by molar-refractivity contribution is 5.84. The number of halogens is 3. The fourth-order valence-electron chi connectivity index (χ4n) is 6.18. The van der Waals surface area contributed by atoms with E-state index in [0.717, 1.165) is 44.4 Å². The molecule has 206 valence electrons. The Morgan fingerprint density at radius 1 is 0.872 bits per heavy atom. The normalized spacial score (nSPS) is 21.2. The van der Waals surface area contributed by atoms with Crippen LogP contribution < -0.4 is 4.90 Å². The summed E-state index contributed by atoms with van der Waals surface area (Å²) in [5.41, 5.74) is 2.24. The van der Waals surface area contributed by atoms with Crippen molar-refractivity contribution < 1.29 is 18.0 Å². The Labute approximate surface area is 229 Å². The number of carbonyl (C=O) groups excluding carboxylic acids is 1. The molecule has 5 rings (SSSR count). The fourth-order valence-corrected chi connectivity index (χ4v) is 6.18. The van der Waals surface area contributed by atoms with Crippen LogP contribution in [0.5, 0.6) is 0 Å². The second-order valence-electron chi connectivity index (χ2n) is 10.7. The van der Waals surface area contributed by atoms with Gasteiger partial charge in [-0.3, -0.25) is 9.69 Å². The van der Waals surface area contributed by atoms with Crippen LogP contribution in [0.15, 0.2) is 84.9 Å². The van der Waals surface area contributed by atoms with E-state index in [9.17, 15) is 18.0 Å². The first-order valence-electron chi connectivity index (χ1n) is 13.9. The molecule has 2 saturated heterocycles. The molecule has 3 unspecified atom stereocenters. The van der Waals surface area contributed by atoms with Gasteiger partial charge < -0.3 is 9.80 Å². The van der Waals surface area contributed by atoms with Crippen molar-refractivity contribution in [1.82, 2.24) is 9.80 Å². The Morgan fingerprint density at radius 3 is 2.18 bits per heavy atom. The van der Waals surface area contributed by atoms with E-state index in [1.807, 2.05) is 60.4 Å². The van der Waals surface area contributed by atoms with Crippen molar-refractivity contribution in [2.24, 2.45) is 5.92 Å². The predicted octanol–water partition coefficient (Wildman–Crippen LogP) is 6.26. The zero-order valence-corrected chi connectivity index (χ0v) is 22.4. The Bertz CT molecular complexity index is 1230. The Morgan fingerprint density at radius 2 is 1.54 bits per heavy atom. The average molecular weight is 536 g/mol. The van der Waals surface area contributed by atoms with Gasteiger partial charge in [0, 0.05) is 57.4 Å². The summed E-state index contributed by atoms with van der Waals surface area (Å²) < 4.78 is 40.7. The molecule has 0 spiro atoms. The van der Waals surface area contributed by atoms with E-state index in [1.54, 1.807) is 6.07 Å². The lowest BCUT2D eigenvalue weighted by Gasteiger charge is -2.38. The van der Waals surface area contributed by atoms with Crippen molar-refractivity contribution in [2.75, 3.05) is 50.7 Å². The molecule has 39 heavy (non-hydrogen) atoms. The molecular formula is C32H36F3N3O. The lowest BCUT2D eigenvalue weighted by atomic mass is 9.87. The van der Waals surface area contributed by atoms with E-state index < -0.39 is 11.7 Å². The molecule has 3 aromatic carbocycles. The zero-order valence-electron chi connectivity index (χ0n) is 22.4. The van der Waals surface area contributed by atoms with Gasteiger partial charge in [-0.2, -0.15) is 13.2 Å². The number of nitrogens with zero attached hydrogens (tertiary/aromatic N) is 3. The molecule has 0 aromatic heterocycles. The van der Waals surface area contributed by atoms with E-state index >= 15 is 0 Å². The molecule has 3 aromatic rings. The second-order valence-corrected chi connectivity index (χ2v) is 10.7. The van der Waals surface area contributed by atoms with E-state index in [1.165, 1.54) is 17.8 Å². The number of anilines is 1. The summed E-state index contributed by atoms with van der Waals surface area (Å²) in [6.07, 6.45) is -3.71. The summed E-state index contributed by atoms with van der Waals surface area (Å²) in [6, 6.07) is 25.8. The lowest BCUT2D eigenvalue weighted by Crippen LogP contribution is -2.48. The first kappa shape index (κ1) is 27.3. The van der Waals surface area contributed by atoms with Gasteiger partial charge in [-0.05, 0) is 41.7 Å². The molecule has 0 N–H and O–H groups in total. The maximum atomic E-state index is 13.7. The molecule has 0 saturated carbocycles. The van der Waals surface area contributed by atoms with E-state index in [4.69, 9.17) is 0 Å². The van der Waals surface area contributed by atoms with Crippen LogP contribution in [0, 0.1) is 5.92 Å². The van der Waals surface area contributed by atoms with Crippen molar-refractivity contribution in [3.05, 3.63) is 102 Å². The smallest absolute Gasteiger partial charge is 0.369 e. The van der Waals surface area contributed by atoms with Gasteiger partial charge in [-0.25, -0.2) is 0 Å². The minimum absolute atomic E-state index is 0.0639. The van der Waals surface area contributed by atoms with Crippen molar-refractivity contribution in [2.45, 2.75) is 31.4 Å². The van der Waals surface area contributed by atoms with Crippen LogP contribution in [0.3, 0.4) is 0 Å². The highest BCUT2D eigenvalue weighted by atomic mass is 19.4. The molecule has 2 aliphatic heterocycles. The Kier molecular flexibility index (Phi) is 8.26. The van der Waals surface area contributed by atoms with E-state index in [0.29, 0.717) is 25.1 Å².